The van der Waals surface area contributed by atoms with Gasteiger partial charge in [-0.2, -0.15) is 0 Å². The fourth-order valence-electron chi connectivity index (χ4n) is 3.02. The Labute approximate surface area is 116 Å². The van der Waals surface area contributed by atoms with Crippen molar-refractivity contribution in [1.82, 2.24) is 10.2 Å². The maximum Gasteiger partial charge on any atom is 0.253 e. The van der Waals surface area contributed by atoms with Gasteiger partial charge in [-0.05, 0) is 43.5 Å². The highest BCUT2D eigenvalue weighted by atomic mass is 35.5. The van der Waals surface area contributed by atoms with Crippen molar-refractivity contribution in [2.75, 3.05) is 19.6 Å². The Kier molecular flexibility index (Phi) is 3.46. The van der Waals surface area contributed by atoms with Crippen LogP contribution < -0.4 is 5.32 Å². The largest absolute Gasteiger partial charge is 0.337 e. The fraction of sp³-hybridized carbons (Fsp3) is 0.500. The predicted octanol–water partition coefficient (Wildman–Crippen LogP) is 2.30. The summed E-state index contributed by atoms with van der Waals surface area (Å²) in [6.07, 6.45) is 2.34. The third-order valence-corrected chi connectivity index (χ3v) is 4.34. The van der Waals surface area contributed by atoms with Gasteiger partial charge in [-0.25, -0.2) is 4.39 Å². The van der Waals surface area contributed by atoms with E-state index in [0.717, 1.165) is 19.6 Å². The molecular weight excluding hydrogens is 267 g/mol. The standard InChI is InChI=1S/C14H16ClFN2O/c15-11-6-9(3-4-12(11)16)14(19)18-7-10-2-1-5-17-13(10)8-18/h3-4,6,10,13,17H,1-2,5,7-8H2/t10-,13+/m0/s1. The molecule has 2 heterocycles. The third kappa shape index (κ3) is 2.47. The molecule has 0 aliphatic carbocycles. The molecule has 1 amide bonds. The van der Waals surface area contributed by atoms with Crippen LogP contribution in [-0.4, -0.2) is 36.5 Å². The minimum atomic E-state index is -0.491. The number of carbonyl (C=O) groups excluding carboxylic acids is 1. The number of benzene rings is 1. The number of likely N-dealkylation sites (tertiary alicyclic amines) is 1. The smallest absolute Gasteiger partial charge is 0.253 e. The lowest BCUT2D eigenvalue weighted by Crippen LogP contribution is -2.41. The minimum Gasteiger partial charge on any atom is -0.337 e. The Morgan fingerprint density at radius 1 is 1.42 bits per heavy atom. The molecular formula is C14H16ClFN2O. The van der Waals surface area contributed by atoms with E-state index < -0.39 is 5.82 Å². The Morgan fingerprint density at radius 2 is 2.26 bits per heavy atom. The summed E-state index contributed by atoms with van der Waals surface area (Å²) in [6.45, 7) is 2.55. The average molecular weight is 283 g/mol. The van der Waals surface area contributed by atoms with Gasteiger partial charge in [0.25, 0.3) is 5.91 Å². The normalized spacial score (nSPS) is 26.3. The molecule has 5 heteroatoms. The summed E-state index contributed by atoms with van der Waals surface area (Å²) in [5, 5.41) is 3.46. The zero-order valence-electron chi connectivity index (χ0n) is 10.5. The van der Waals surface area contributed by atoms with E-state index in [1.165, 1.54) is 31.0 Å². The minimum absolute atomic E-state index is 0.000545. The zero-order valence-corrected chi connectivity index (χ0v) is 11.3. The van der Waals surface area contributed by atoms with Crippen LogP contribution >= 0.6 is 11.6 Å². The lowest BCUT2D eigenvalue weighted by molar-refractivity contribution is 0.0785. The maximum atomic E-state index is 13.1. The number of piperidine rings is 1. The van der Waals surface area contributed by atoms with Gasteiger partial charge < -0.3 is 10.2 Å². The van der Waals surface area contributed by atoms with Gasteiger partial charge >= 0.3 is 0 Å². The van der Waals surface area contributed by atoms with Gasteiger partial charge in [0.2, 0.25) is 0 Å². The first-order valence-corrected chi connectivity index (χ1v) is 7.00. The molecule has 0 spiro atoms. The zero-order chi connectivity index (χ0) is 13.4. The molecule has 1 N–H and O–H groups in total. The Hall–Kier alpha value is -1.13. The molecule has 2 saturated heterocycles. The molecule has 1 aromatic carbocycles. The Morgan fingerprint density at radius 3 is 3.00 bits per heavy atom. The van der Waals surface area contributed by atoms with Crippen molar-refractivity contribution in [3.8, 4) is 0 Å². The van der Waals surface area contributed by atoms with Crippen molar-refractivity contribution in [2.45, 2.75) is 18.9 Å². The highest BCUT2D eigenvalue weighted by molar-refractivity contribution is 6.31. The van der Waals surface area contributed by atoms with Gasteiger partial charge in [0.1, 0.15) is 5.82 Å². The van der Waals surface area contributed by atoms with E-state index in [2.05, 4.69) is 5.32 Å². The second-order valence-corrected chi connectivity index (χ2v) is 5.71. The number of fused-ring (bicyclic) bond motifs is 1. The number of hydrogen-bond acceptors (Lipinski definition) is 2. The van der Waals surface area contributed by atoms with Crippen molar-refractivity contribution in [3.05, 3.63) is 34.6 Å². The SMILES string of the molecule is O=C(c1ccc(F)c(Cl)c1)N1C[C@@H]2CCCN[C@@H]2C1. The van der Waals surface area contributed by atoms with E-state index in [-0.39, 0.29) is 10.9 Å². The number of carbonyl (C=O) groups is 1. The van der Waals surface area contributed by atoms with Gasteiger partial charge in [0.05, 0.1) is 5.02 Å². The first-order chi connectivity index (χ1) is 9.15. The molecule has 2 fully saturated rings. The summed E-state index contributed by atoms with van der Waals surface area (Å²) >= 11 is 5.73. The van der Waals surface area contributed by atoms with E-state index in [9.17, 15) is 9.18 Å². The summed E-state index contributed by atoms with van der Waals surface area (Å²) in [4.78, 5) is 14.2. The van der Waals surface area contributed by atoms with Crippen LogP contribution in [0.15, 0.2) is 18.2 Å². The lowest BCUT2D eigenvalue weighted by Gasteiger charge is -2.24. The van der Waals surface area contributed by atoms with Crippen molar-refractivity contribution in [1.29, 1.82) is 0 Å². The van der Waals surface area contributed by atoms with E-state index >= 15 is 0 Å². The molecule has 102 valence electrons. The molecule has 3 nitrogen and oxygen atoms in total. The van der Waals surface area contributed by atoms with Gasteiger partial charge in [0.15, 0.2) is 0 Å². The molecule has 0 aromatic heterocycles. The van der Waals surface area contributed by atoms with Crippen molar-refractivity contribution >= 4 is 17.5 Å². The van der Waals surface area contributed by atoms with E-state index in [4.69, 9.17) is 11.6 Å². The fourth-order valence-corrected chi connectivity index (χ4v) is 3.20. The monoisotopic (exact) mass is 282 g/mol. The highest BCUT2D eigenvalue weighted by Crippen LogP contribution is 2.26. The van der Waals surface area contributed by atoms with Gasteiger partial charge in [-0.1, -0.05) is 11.6 Å². The Bertz CT molecular complexity index is 494. The number of nitrogens with zero attached hydrogens (tertiary/aromatic N) is 1. The molecule has 2 atom stereocenters. The van der Waals surface area contributed by atoms with E-state index in [0.29, 0.717) is 17.5 Å². The summed E-state index contributed by atoms with van der Waals surface area (Å²) < 4.78 is 13.1. The molecule has 0 saturated carbocycles. The number of halogens is 2. The number of rotatable bonds is 1. The molecule has 19 heavy (non-hydrogen) atoms. The van der Waals surface area contributed by atoms with Crippen LogP contribution in [0.1, 0.15) is 23.2 Å². The first-order valence-electron chi connectivity index (χ1n) is 6.63. The van der Waals surface area contributed by atoms with E-state index in [1.54, 1.807) is 0 Å². The number of amides is 1. The summed E-state index contributed by atoms with van der Waals surface area (Å²) in [6, 6.07) is 4.57. The van der Waals surface area contributed by atoms with Gasteiger partial charge in [-0.3, -0.25) is 4.79 Å². The molecule has 0 bridgehead atoms. The van der Waals surface area contributed by atoms with Crippen LogP contribution in [0.25, 0.3) is 0 Å². The quantitative estimate of drug-likeness (QED) is 0.857. The maximum absolute atomic E-state index is 13.1. The molecule has 0 unspecified atom stereocenters. The third-order valence-electron chi connectivity index (χ3n) is 4.05. The topological polar surface area (TPSA) is 32.3 Å². The van der Waals surface area contributed by atoms with Crippen molar-refractivity contribution in [2.24, 2.45) is 5.92 Å². The first kappa shape index (κ1) is 12.9. The molecule has 2 aliphatic heterocycles. The second kappa shape index (κ2) is 5.10. The van der Waals surface area contributed by atoms with E-state index in [1.807, 2.05) is 4.90 Å². The molecule has 0 radical (unpaired) electrons. The van der Waals surface area contributed by atoms with Crippen LogP contribution in [-0.2, 0) is 0 Å². The number of hydrogen-bond donors (Lipinski definition) is 1. The van der Waals surface area contributed by atoms with Crippen LogP contribution in [0.3, 0.4) is 0 Å². The highest BCUT2D eigenvalue weighted by Gasteiger charge is 2.36. The summed E-state index contributed by atoms with van der Waals surface area (Å²) in [5.74, 6) is 0.00157. The van der Waals surface area contributed by atoms with Crippen LogP contribution in [0, 0.1) is 11.7 Å². The van der Waals surface area contributed by atoms with Crippen molar-refractivity contribution < 1.29 is 9.18 Å². The molecule has 1 aromatic rings. The average Bonchev–Trinajstić information content (AvgIpc) is 2.85. The van der Waals surface area contributed by atoms with Gasteiger partial charge in [-0.15, -0.1) is 0 Å². The molecule has 2 aliphatic rings. The molecule has 3 rings (SSSR count). The summed E-state index contributed by atoms with van der Waals surface area (Å²) in [5.41, 5.74) is 0.463. The van der Waals surface area contributed by atoms with Gasteiger partial charge in [0, 0.05) is 24.7 Å². The van der Waals surface area contributed by atoms with Crippen LogP contribution in [0.2, 0.25) is 5.02 Å². The predicted molar refractivity (Wildman–Crippen MR) is 71.8 cm³/mol. The summed E-state index contributed by atoms with van der Waals surface area (Å²) in [7, 11) is 0. The second-order valence-electron chi connectivity index (χ2n) is 5.30. The Balaban J connectivity index is 1.75. The lowest BCUT2D eigenvalue weighted by atomic mass is 9.94. The van der Waals surface area contributed by atoms with Crippen LogP contribution in [0.5, 0.6) is 0 Å². The van der Waals surface area contributed by atoms with Crippen LogP contribution in [0.4, 0.5) is 4.39 Å². The number of nitrogens with one attached hydrogen (secondary N) is 1. The van der Waals surface area contributed by atoms with Crippen molar-refractivity contribution in [3.63, 3.8) is 0 Å².